The second-order valence-corrected chi connectivity index (χ2v) is 5.15. The molecule has 100 valence electrons. The zero-order valence-corrected chi connectivity index (χ0v) is 10.9. The topological polar surface area (TPSA) is 73.1 Å². The van der Waals surface area contributed by atoms with Gasteiger partial charge in [0.05, 0.1) is 12.5 Å². The molecule has 0 unspecified atom stereocenters. The van der Waals surface area contributed by atoms with Gasteiger partial charge in [0.1, 0.15) is 11.3 Å². The van der Waals surface area contributed by atoms with Crippen LogP contribution in [0.25, 0.3) is 0 Å². The monoisotopic (exact) mass is 258 g/mol. The van der Waals surface area contributed by atoms with E-state index in [1.54, 1.807) is 24.3 Å². The van der Waals surface area contributed by atoms with E-state index < -0.39 is 5.54 Å². The molecule has 0 heterocycles. The summed E-state index contributed by atoms with van der Waals surface area (Å²) in [5.74, 6) is -0.00740. The van der Waals surface area contributed by atoms with E-state index in [0.717, 1.165) is 37.7 Å². The molecule has 1 aromatic rings. The molecule has 0 spiro atoms. The van der Waals surface area contributed by atoms with E-state index in [1.807, 2.05) is 0 Å². The zero-order chi connectivity index (χ0) is 13.7. The summed E-state index contributed by atoms with van der Waals surface area (Å²) >= 11 is 0. The normalized spacial score (nSPS) is 17.4. The average Bonchev–Trinajstić information content (AvgIpc) is 2.39. The second kappa shape index (κ2) is 5.75. The molecule has 0 saturated heterocycles. The Morgan fingerprint density at radius 2 is 2.11 bits per heavy atom. The van der Waals surface area contributed by atoms with E-state index in [9.17, 15) is 15.2 Å². The van der Waals surface area contributed by atoms with Crippen LogP contribution in [-0.4, -0.2) is 16.6 Å². The lowest BCUT2D eigenvalue weighted by Gasteiger charge is -2.31. The highest BCUT2D eigenvalue weighted by atomic mass is 16.3. The Balaban J connectivity index is 1.99. The van der Waals surface area contributed by atoms with Gasteiger partial charge in [-0.3, -0.25) is 4.79 Å². The van der Waals surface area contributed by atoms with Gasteiger partial charge in [-0.25, -0.2) is 0 Å². The smallest absolute Gasteiger partial charge is 0.225 e. The minimum Gasteiger partial charge on any atom is -0.508 e. The van der Waals surface area contributed by atoms with E-state index in [4.69, 9.17) is 0 Å². The van der Waals surface area contributed by atoms with Gasteiger partial charge in [0.15, 0.2) is 0 Å². The summed E-state index contributed by atoms with van der Waals surface area (Å²) in [6.45, 7) is 0. The Kier molecular flexibility index (Phi) is 4.06. The van der Waals surface area contributed by atoms with Gasteiger partial charge in [0.2, 0.25) is 5.91 Å². The molecule has 19 heavy (non-hydrogen) atoms. The molecule has 2 rings (SSSR count). The molecule has 4 nitrogen and oxygen atoms in total. The van der Waals surface area contributed by atoms with Crippen LogP contribution in [-0.2, 0) is 11.2 Å². The minimum absolute atomic E-state index is 0.151. The van der Waals surface area contributed by atoms with E-state index in [1.165, 1.54) is 0 Å². The summed E-state index contributed by atoms with van der Waals surface area (Å²) in [6, 6.07) is 8.90. The second-order valence-electron chi connectivity index (χ2n) is 5.15. The van der Waals surface area contributed by atoms with E-state index >= 15 is 0 Å². The third kappa shape index (κ3) is 3.47. The number of phenols is 1. The van der Waals surface area contributed by atoms with Crippen molar-refractivity contribution in [2.45, 2.75) is 44.1 Å². The number of nitrogens with one attached hydrogen (secondary N) is 1. The zero-order valence-electron chi connectivity index (χ0n) is 10.9. The lowest BCUT2D eigenvalue weighted by molar-refractivity contribution is -0.122. The first kappa shape index (κ1) is 13.4. The van der Waals surface area contributed by atoms with Crippen LogP contribution in [0.2, 0.25) is 0 Å². The first-order valence-corrected chi connectivity index (χ1v) is 6.64. The third-order valence-electron chi connectivity index (χ3n) is 3.58. The van der Waals surface area contributed by atoms with Crippen LogP contribution < -0.4 is 5.32 Å². The number of hydrogen-bond acceptors (Lipinski definition) is 3. The number of carbonyl (C=O) groups excluding carboxylic acids is 1. The number of rotatable bonds is 3. The van der Waals surface area contributed by atoms with Crippen molar-refractivity contribution in [3.63, 3.8) is 0 Å². The fourth-order valence-electron chi connectivity index (χ4n) is 2.58. The molecular weight excluding hydrogens is 240 g/mol. The van der Waals surface area contributed by atoms with Crippen molar-refractivity contribution in [3.05, 3.63) is 29.8 Å². The molecule has 0 aliphatic heterocycles. The number of nitriles is 1. The molecule has 0 aromatic heterocycles. The van der Waals surface area contributed by atoms with Crippen molar-refractivity contribution in [2.24, 2.45) is 0 Å². The highest BCUT2D eigenvalue weighted by Crippen LogP contribution is 2.27. The number of amides is 1. The molecule has 2 N–H and O–H groups in total. The number of hydrogen-bond donors (Lipinski definition) is 2. The average molecular weight is 258 g/mol. The van der Waals surface area contributed by atoms with Crippen LogP contribution in [0.5, 0.6) is 5.75 Å². The van der Waals surface area contributed by atoms with Crippen molar-refractivity contribution in [1.82, 2.24) is 5.32 Å². The highest BCUT2D eigenvalue weighted by molar-refractivity contribution is 5.80. The van der Waals surface area contributed by atoms with Crippen LogP contribution in [0.15, 0.2) is 24.3 Å². The summed E-state index contributed by atoms with van der Waals surface area (Å²) in [4.78, 5) is 12.0. The number of phenolic OH excluding ortho intramolecular Hbond substituents is 1. The Bertz CT molecular complexity index is 499. The highest BCUT2D eigenvalue weighted by Gasteiger charge is 2.33. The van der Waals surface area contributed by atoms with Crippen LogP contribution in [0.1, 0.15) is 37.7 Å². The Hall–Kier alpha value is -2.02. The molecule has 0 radical (unpaired) electrons. The molecule has 0 atom stereocenters. The van der Waals surface area contributed by atoms with Gasteiger partial charge in [0, 0.05) is 0 Å². The number of benzene rings is 1. The minimum atomic E-state index is -0.688. The SMILES string of the molecule is N#CC1(NC(=O)Cc2cccc(O)c2)CCCCC1. The molecular formula is C15H18N2O2. The van der Waals surface area contributed by atoms with Crippen molar-refractivity contribution in [3.8, 4) is 11.8 Å². The quantitative estimate of drug-likeness (QED) is 0.873. The number of aromatic hydroxyl groups is 1. The number of carbonyl (C=O) groups is 1. The predicted octanol–water partition coefficient (Wildman–Crippen LogP) is 2.28. The first-order valence-electron chi connectivity index (χ1n) is 6.64. The summed E-state index contributed by atoms with van der Waals surface area (Å²) in [5.41, 5.74) is 0.0630. The predicted molar refractivity (Wildman–Crippen MR) is 71.4 cm³/mol. The summed E-state index contributed by atoms with van der Waals surface area (Å²) in [5, 5.41) is 21.5. The van der Waals surface area contributed by atoms with Gasteiger partial charge in [0.25, 0.3) is 0 Å². The molecule has 1 aliphatic rings. The van der Waals surface area contributed by atoms with Crippen molar-refractivity contribution in [2.75, 3.05) is 0 Å². The van der Waals surface area contributed by atoms with Gasteiger partial charge in [-0.2, -0.15) is 5.26 Å². The molecule has 4 heteroatoms. The molecule has 1 aromatic carbocycles. The Labute approximate surface area is 113 Å². The molecule has 1 aliphatic carbocycles. The van der Waals surface area contributed by atoms with Crippen molar-refractivity contribution >= 4 is 5.91 Å². The lowest BCUT2D eigenvalue weighted by atomic mass is 9.82. The van der Waals surface area contributed by atoms with E-state index in [2.05, 4.69) is 11.4 Å². The van der Waals surface area contributed by atoms with Gasteiger partial charge < -0.3 is 10.4 Å². The fraction of sp³-hybridized carbons (Fsp3) is 0.467. The van der Waals surface area contributed by atoms with Crippen LogP contribution in [0.3, 0.4) is 0 Å². The lowest BCUT2D eigenvalue weighted by Crippen LogP contribution is -2.49. The maximum Gasteiger partial charge on any atom is 0.225 e. The van der Waals surface area contributed by atoms with Gasteiger partial charge >= 0.3 is 0 Å². The summed E-state index contributed by atoms with van der Waals surface area (Å²) in [7, 11) is 0. The summed E-state index contributed by atoms with van der Waals surface area (Å²) < 4.78 is 0. The largest absolute Gasteiger partial charge is 0.508 e. The van der Waals surface area contributed by atoms with E-state index in [0.29, 0.717) is 0 Å². The van der Waals surface area contributed by atoms with Crippen LogP contribution in [0, 0.1) is 11.3 Å². The van der Waals surface area contributed by atoms with Gasteiger partial charge in [-0.15, -0.1) is 0 Å². The van der Waals surface area contributed by atoms with Gasteiger partial charge in [-0.1, -0.05) is 31.4 Å². The van der Waals surface area contributed by atoms with Gasteiger partial charge in [-0.05, 0) is 30.5 Å². The number of nitrogens with zero attached hydrogens (tertiary/aromatic N) is 1. The molecule has 1 saturated carbocycles. The standard InChI is InChI=1S/C15H18N2O2/c16-11-15(7-2-1-3-8-15)17-14(19)10-12-5-4-6-13(18)9-12/h4-6,9,18H,1-3,7-8,10H2,(H,17,19). The molecule has 1 amide bonds. The maximum absolute atomic E-state index is 12.0. The van der Waals surface area contributed by atoms with E-state index in [-0.39, 0.29) is 18.1 Å². The van der Waals surface area contributed by atoms with Crippen molar-refractivity contribution < 1.29 is 9.90 Å². The van der Waals surface area contributed by atoms with Crippen LogP contribution >= 0.6 is 0 Å². The van der Waals surface area contributed by atoms with Crippen molar-refractivity contribution in [1.29, 1.82) is 5.26 Å². The summed E-state index contributed by atoms with van der Waals surface area (Å²) in [6.07, 6.45) is 4.76. The third-order valence-corrected chi connectivity index (χ3v) is 3.58. The Morgan fingerprint density at radius 1 is 1.37 bits per heavy atom. The molecule has 1 fully saturated rings. The van der Waals surface area contributed by atoms with Crippen LogP contribution in [0.4, 0.5) is 0 Å². The Morgan fingerprint density at radius 3 is 2.74 bits per heavy atom. The maximum atomic E-state index is 12.0. The first-order chi connectivity index (χ1) is 9.13. The fourth-order valence-corrected chi connectivity index (χ4v) is 2.58. The molecule has 0 bridgehead atoms.